The number of aromatic nitrogens is 2. The maximum absolute atomic E-state index is 12.1. The Morgan fingerprint density at radius 1 is 1.26 bits per heavy atom. The molecule has 23 heavy (non-hydrogen) atoms. The Morgan fingerprint density at radius 2 is 2.13 bits per heavy atom. The molecule has 118 valence electrons. The van der Waals surface area contributed by atoms with Crippen molar-refractivity contribution in [1.29, 1.82) is 0 Å². The molecule has 3 rings (SSSR count). The van der Waals surface area contributed by atoms with Crippen molar-refractivity contribution in [2.45, 2.75) is 12.4 Å². The SMILES string of the molecule is C[S@](=O)Cc1cccc(C(=O)OCc2cn3ccccc3n2)c1. The number of carbonyl (C=O) groups excluding carboxylic acids is 1. The van der Waals surface area contributed by atoms with E-state index in [1.54, 1.807) is 24.5 Å². The van der Waals surface area contributed by atoms with Crippen LogP contribution in [-0.4, -0.2) is 25.8 Å². The number of esters is 1. The molecule has 0 aliphatic rings. The van der Waals surface area contributed by atoms with E-state index in [0.29, 0.717) is 17.0 Å². The summed E-state index contributed by atoms with van der Waals surface area (Å²) in [7, 11) is -0.945. The monoisotopic (exact) mass is 328 g/mol. The summed E-state index contributed by atoms with van der Waals surface area (Å²) in [5.74, 6) is 0.0129. The Bertz CT molecular complexity index is 840. The molecule has 3 aromatic rings. The van der Waals surface area contributed by atoms with Crippen LogP contribution in [0.5, 0.6) is 0 Å². The zero-order chi connectivity index (χ0) is 16.2. The van der Waals surface area contributed by atoms with Crippen molar-refractivity contribution in [2.75, 3.05) is 6.26 Å². The van der Waals surface area contributed by atoms with Gasteiger partial charge in [0.25, 0.3) is 0 Å². The standard InChI is InChI=1S/C17H16N2O3S/c1-23(21)12-13-5-4-6-14(9-13)17(20)22-11-15-10-19-8-3-2-7-16(19)18-15/h2-10H,11-12H2,1H3/t23-/m0/s1. The quantitative estimate of drug-likeness (QED) is 0.675. The van der Waals surface area contributed by atoms with Gasteiger partial charge in [-0.15, -0.1) is 0 Å². The fourth-order valence-electron chi connectivity index (χ4n) is 2.30. The molecule has 2 aromatic heterocycles. The van der Waals surface area contributed by atoms with Crippen molar-refractivity contribution in [2.24, 2.45) is 0 Å². The molecule has 0 aliphatic carbocycles. The molecule has 0 unspecified atom stereocenters. The summed E-state index contributed by atoms with van der Waals surface area (Å²) in [6.45, 7) is 0.116. The second-order valence-corrected chi connectivity index (χ2v) is 6.63. The van der Waals surface area contributed by atoms with Gasteiger partial charge in [0.2, 0.25) is 0 Å². The van der Waals surface area contributed by atoms with Crippen molar-refractivity contribution in [3.8, 4) is 0 Å². The fourth-order valence-corrected chi connectivity index (χ4v) is 2.95. The van der Waals surface area contributed by atoms with Crippen molar-refractivity contribution >= 4 is 22.4 Å². The van der Waals surface area contributed by atoms with E-state index in [-0.39, 0.29) is 6.61 Å². The minimum atomic E-state index is -0.945. The first-order valence-electron chi connectivity index (χ1n) is 7.10. The van der Waals surface area contributed by atoms with Crippen molar-refractivity contribution in [3.05, 3.63) is 71.7 Å². The number of carbonyl (C=O) groups is 1. The summed E-state index contributed by atoms with van der Waals surface area (Å²) >= 11 is 0. The van der Waals surface area contributed by atoms with Gasteiger partial charge in [-0.1, -0.05) is 18.2 Å². The van der Waals surface area contributed by atoms with Gasteiger partial charge in [0, 0.05) is 35.2 Å². The van der Waals surface area contributed by atoms with Gasteiger partial charge in [-0.25, -0.2) is 9.78 Å². The first-order chi connectivity index (χ1) is 11.1. The van der Waals surface area contributed by atoms with E-state index in [4.69, 9.17) is 4.74 Å². The summed E-state index contributed by atoms with van der Waals surface area (Å²) in [6, 6.07) is 12.7. The van der Waals surface area contributed by atoms with Crippen LogP contribution in [-0.2, 0) is 27.9 Å². The van der Waals surface area contributed by atoms with Crippen LogP contribution in [0.15, 0.2) is 54.9 Å². The van der Waals surface area contributed by atoms with Crippen LogP contribution >= 0.6 is 0 Å². The number of hydrogen-bond acceptors (Lipinski definition) is 4. The second-order valence-electron chi connectivity index (χ2n) is 5.19. The Labute approximate surface area is 136 Å². The van der Waals surface area contributed by atoms with E-state index in [9.17, 15) is 9.00 Å². The third-order valence-electron chi connectivity index (χ3n) is 3.30. The molecule has 0 N–H and O–H groups in total. The van der Waals surface area contributed by atoms with E-state index in [1.807, 2.05) is 41.1 Å². The van der Waals surface area contributed by atoms with Crippen LogP contribution in [0.2, 0.25) is 0 Å². The highest BCUT2D eigenvalue weighted by Gasteiger charge is 2.10. The summed E-state index contributed by atoms with van der Waals surface area (Å²) in [4.78, 5) is 16.5. The number of pyridine rings is 1. The van der Waals surface area contributed by atoms with Crippen LogP contribution in [0.3, 0.4) is 0 Å². The predicted octanol–water partition coefficient (Wildman–Crippen LogP) is 2.57. The highest BCUT2D eigenvalue weighted by molar-refractivity contribution is 7.83. The summed E-state index contributed by atoms with van der Waals surface area (Å²) in [6.07, 6.45) is 5.36. The molecule has 1 aromatic carbocycles. The Balaban J connectivity index is 1.68. The van der Waals surface area contributed by atoms with Gasteiger partial charge in [-0.05, 0) is 29.8 Å². The van der Waals surface area contributed by atoms with Gasteiger partial charge in [-0.2, -0.15) is 0 Å². The number of imidazole rings is 1. The Kier molecular flexibility index (Phi) is 4.52. The van der Waals surface area contributed by atoms with Gasteiger partial charge in [0.15, 0.2) is 0 Å². The van der Waals surface area contributed by atoms with Crippen LogP contribution in [0, 0.1) is 0 Å². The largest absolute Gasteiger partial charge is 0.456 e. The number of rotatable bonds is 5. The highest BCUT2D eigenvalue weighted by atomic mass is 32.2. The van der Waals surface area contributed by atoms with Gasteiger partial charge >= 0.3 is 5.97 Å². The van der Waals surface area contributed by atoms with E-state index >= 15 is 0 Å². The molecule has 0 saturated heterocycles. The molecule has 0 saturated carbocycles. The van der Waals surface area contributed by atoms with Gasteiger partial charge in [-0.3, -0.25) is 4.21 Å². The summed E-state index contributed by atoms with van der Waals surface area (Å²) in [5.41, 5.74) is 2.81. The summed E-state index contributed by atoms with van der Waals surface area (Å²) < 4.78 is 18.5. The van der Waals surface area contributed by atoms with Gasteiger partial charge in [0.05, 0.1) is 11.3 Å². The molecule has 0 aliphatic heterocycles. The zero-order valence-corrected chi connectivity index (χ0v) is 13.5. The van der Waals surface area contributed by atoms with E-state index in [2.05, 4.69) is 4.98 Å². The van der Waals surface area contributed by atoms with Crippen LogP contribution in [0.4, 0.5) is 0 Å². The lowest BCUT2D eigenvalue weighted by atomic mass is 10.1. The lowest BCUT2D eigenvalue weighted by Crippen LogP contribution is -2.06. The molecule has 5 nitrogen and oxygen atoms in total. The molecule has 6 heteroatoms. The number of nitrogens with zero attached hydrogens (tertiary/aromatic N) is 2. The molecular formula is C17H16N2O3S. The number of hydrogen-bond donors (Lipinski definition) is 0. The lowest BCUT2D eigenvalue weighted by molar-refractivity contribution is 0.0468. The first kappa shape index (κ1) is 15.4. The highest BCUT2D eigenvalue weighted by Crippen LogP contribution is 2.11. The Morgan fingerprint density at radius 3 is 2.91 bits per heavy atom. The topological polar surface area (TPSA) is 60.7 Å². The molecule has 0 amide bonds. The fraction of sp³-hybridized carbons (Fsp3) is 0.176. The number of fused-ring (bicyclic) bond motifs is 1. The van der Waals surface area contributed by atoms with Crippen molar-refractivity contribution in [1.82, 2.24) is 9.38 Å². The first-order valence-corrected chi connectivity index (χ1v) is 8.83. The molecule has 2 heterocycles. The summed E-state index contributed by atoms with van der Waals surface area (Å²) in [5, 5.41) is 0. The van der Waals surface area contributed by atoms with Crippen molar-refractivity contribution in [3.63, 3.8) is 0 Å². The zero-order valence-electron chi connectivity index (χ0n) is 12.6. The molecule has 0 fully saturated rings. The predicted molar refractivity (Wildman–Crippen MR) is 88.5 cm³/mol. The average molecular weight is 328 g/mol. The second kappa shape index (κ2) is 6.75. The van der Waals surface area contributed by atoms with Crippen LogP contribution < -0.4 is 0 Å². The maximum Gasteiger partial charge on any atom is 0.338 e. The van der Waals surface area contributed by atoms with Crippen molar-refractivity contribution < 1.29 is 13.7 Å². The van der Waals surface area contributed by atoms with E-state index in [0.717, 1.165) is 11.2 Å². The third-order valence-corrected chi connectivity index (χ3v) is 4.04. The molecular weight excluding hydrogens is 312 g/mol. The van der Waals surface area contributed by atoms with Crippen LogP contribution in [0.25, 0.3) is 5.65 Å². The minimum absolute atomic E-state index is 0.116. The molecule has 0 spiro atoms. The number of benzene rings is 1. The minimum Gasteiger partial charge on any atom is -0.456 e. The maximum atomic E-state index is 12.1. The van der Waals surface area contributed by atoms with Crippen LogP contribution in [0.1, 0.15) is 21.6 Å². The molecule has 0 bridgehead atoms. The van der Waals surface area contributed by atoms with Gasteiger partial charge in [0.1, 0.15) is 12.3 Å². The third kappa shape index (κ3) is 3.84. The van der Waals surface area contributed by atoms with E-state index in [1.165, 1.54) is 0 Å². The van der Waals surface area contributed by atoms with Gasteiger partial charge < -0.3 is 9.14 Å². The lowest BCUT2D eigenvalue weighted by Gasteiger charge is -2.05. The Hall–Kier alpha value is -2.47. The van der Waals surface area contributed by atoms with E-state index < -0.39 is 16.8 Å². The number of ether oxygens (including phenoxy) is 1. The normalized spacial score (nSPS) is 12.2. The smallest absolute Gasteiger partial charge is 0.338 e. The molecule has 0 radical (unpaired) electrons. The molecule has 1 atom stereocenters. The average Bonchev–Trinajstić information content (AvgIpc) is 2.95.